The summed E-state index contributed by atoms with van der Waals surface area (Å²) >= 11 is 0. The van der Waals surface area contributed by atoms with Crippen LogP contribution in [0.15, 0.2) is 96.2 Å². The highest BCUT2D eigenvalue weighted by Gasteiger charge is 2.47. The zero-order chi connectivity index (χ0) is 28.3. The molecule has 3 heterocycles. The van der Waals surface area contributed by atoms with Crippen LogP contribution in [0.3, 0.4) is 0 Å². The van der Waals surface area contributed by atoms with Crippen LogP contribution in [0.25, 0.3) is 0 Å². The monoisotopic (exact) mass is 550 g/mol. The molecule has 1 N–H and O–H groups in total. The van der Waals surface area contributed by atoms with Gasteiger partial charge in [-0.25, -0.2) is 4.79 Å². The van der Waals surface area contributed by atoms with E-state index < -0.39 is 12.1 Å². The maximum atomic E-state index is 14.3. The number of carbonyl (C=O) groups excluding carboxylic acids is 3. The summed E-state index contributed by atoms with van der Waals surface area (Å²) in [5, 5.41) is 3.01. The Morgan fingerprint density at radius 1 is 0.902 bits per heavy atom. The smallest absolute Gasteiger partial charge is 0.322 e. The van der Waals surface area contributed by atoms with Gasteiger partial charge < -0.3 is 19.9 Å². The summed E-state index contributed by atoms with van der Waals surface area (Å²) in [4.78, 5) is 46.4. The van der Waals surface area contributed by atoms with Crippen molar-refractivity contribution in [1.82, 2.24) is 20.0 Å². The normalized spacial score (nSPS) is 19.6. The number of likely N-dealkylation sites (N-methyl/N-ethyl adjacent to an activating group) is 1. The number of urea groups is 1. The van der Waals surface area contributed by atoms with Crippen molar-refractivity contribution in [2.45, 2.75) is 37.8 Å². The molecule has 1 saturated heterocycles. The average molecular weight is 551 g/mol. The minimum atomic E-state index is -0.662. The Bertz CT molecular complexity index is 1470. The minimum Gasteiger partial charge on any atom is -0.457 e. The van der Waals surface area contributed by atoms with Gasteiger partial charge >= 0.3 is 6.03 Å². The molecule has 41 heavy (non-hydrogen) atoms. The number of para-hydroxylation sites is 1. The fourth-order valence-corrected chi connectivity index (χ4v) is 5.97. The van der Waals surface area contributed by atoms with E-state index in [0.717, 1.165) is 30.4 Å². The van der Waals surface area contributed by atoms with Crippen molar-refractivity contribution in [2.75, 3.05) is 26.7 Å². The van der Waals surface area contributed by atoms with Gasteiger partial charge in [-0.05, 0) is 54.7 Å². The molecule has 3 aromatic rings. The number of nitrogens with one attached hydrogen (secondary N) is 1. The van der Waals surface area contributed by atoms with E-state index in [0.29, 0.717) is 42.3 Å². The molecule has 0 saturated carbocycles. The Kier molecular flexibility index (Phi) is 7.46. The molecule has 8 nitrogen and oxygen atoms in total. The minimum absolute atomic E-state index is 0.0292. The highest BCUT2D eigenvalue weighted by atomic mass is 16.5. The molecule has 210 valence electrons. The van der Waals surface area contributed by atoms with Gasteiger partial charge in [-0.1, -0.05) is 60.7 Å². The van der Waals surface area contributed by atoms with Gasteiger partial charge in [-0.15, -0.1) is 0 Å². The van der Waals surface area contributed by atoms with Gasteiger partial charge in [0.05, 0.1) is 23.9 Å². The largest absolute Gasteiger partial charge is 0.457 e. The van der Waals surface area contributed by atoms with Crippen LogP contribution in [0.1, 0.15) is 36.4 Å². The molecular weight excluding hydrogens is 516 g/mol. The van der Waals surface area contributed by atoms with E-state index in [-0.39, 0.29) is 24.4 Å². The molecule has 0 aromatic heterocycles. The summed E-state index contributed by atoms with van der Waals surface area (Å²) in [5.74, 6) is 1.05. The fourth-order valence-electron chi connectivity index (χ4n) is 5.97. The van der Waals surface area contributed by atoms with Gasteiger partial charge in [0.2, 0.25) is 5.91 Å². The average Bonchev–Trinajstić information content (AvgIpc) is 3.36. The van der Waals surface area contributed by atoms with Crippen molar-refractivity contribution < 1.29 is 19.1 Å². The molecule has 0 radical (unpaired) electrons. The molecule has 0 unspecified atom stereocenters. The zero-order valence-corrected chi connectivity index (χ0v) is 23.2. The lowest BCUT2D eigenvalue weighted by atomic mass is 9.95. The number of carbonyl (C=O) groups is 3. The van der Waals surface area contributed by atoms with Crippen molar-refractivity contribution in [1.29, 1.82) is 0 Å². The number of amides is 4. The first kappa shape index (κ1) is 26.6. The lowest BCUT2D eigenvalue weighted by molar-refractivity contribution is -0.143. The van der Waals surface area contributed by atoms with Crippen molar-refractivity contribution in [3.8, 4) is 11.5 Å². The third kappa shape index (κ3) is 5.42. The maximum Gasteiger partial charge on any atom is 0.322 e. The molecule has 3 aliphatic heterocycles. The van der Waals surface area contributed by atoms with Gasteiger partial charge in [0.1, 0.15) is 17.5 Å². The predicted molar refractivity (Wildman–Crippen MR) is 155 cm³/mol. The van der Waals surface area contributed by atoms with E-state index in [9.17, 15) is 14.4 Å². The Labute approximate surface area is 240 Å². The third-order valence-corrected chi connectivity index (χ3v) is 8.16. The van der Waals surface area contributed by atoms with E-state index >= 15 is 0 Å². The molecular formula is C33H34N4O4. The number of hydrogen-bond acceptors (Lipinski definition) is 4. The van der Waals surface area contributed by atoms with Crippen molar-refractivity contribution in [3.05, 3.63) is 107 Å². The summed E-state index contributed by atoms with van der Waals surface area (Å²) in [5.41, 5.74) is 2.85. The summed E-state index contributed by atoms with van der Waals surface area (Å²) in [7, 11) is 1.67. The van der Waals surface area contributed by atoms with Crippen LogP contribution in [0.4, 0.5) is 4.79 Å². The molecule has 3 aliphatic rings. The number of ether oxygens (including phenoxy) is 1. The Balaban J connectivity index is 1.32. The SMILES string of the molecule is CN1C(=O)N[C@@H](c2cccc(Oc3ccccc3)c2)C2=C1CN([C@H](Cc1ccccc1)C(=O)N1CCCCC1)C2=O. The van der Waals surface area contributed by atoms with Crippen LogP contribution in [0.2, 0.25) is 0 Å². The Hall–Kier alpha value is -4.59. The number of likely N-dealkylation sites (tertiary alicyclic amines) is 1. The topological polar surface area (TPSA) is 82.2 Å². The van der Waals surface area contributed by atoms with Crippen LogP contribution in [-0.2, 0) is 16.0 Å². The summed E-state index contributed by atoms with van der Waals surface area (Å²) in [6.45, 7) is 1.61. The van der Waals surface area contributed by atoms with E-state index in [1.165, 1.54) is 4.90 Å². The first-order valence-corrected chi connectivity index (χ1v) is 14.2. The maximum absolute atomic E-state index is 14.3. The second kappa shape index (κ2) is 11.5. The van der Waals surface area contributed by atoms with E-state index in [4.69, 9.17) is 4.74 Å². The highest BCUT2D eigenvalue weighted by Crippen LogP contribution is 2.38. The van der Waals surface area contributed by atoms with Gasteiger partial charge in [0, 0.05) is 26.6 Å². The van der Waals surface area contributed by atoms with Crippen LogP contribution in [-0.4, -0.2) is 65.3 Å². The molecule has 8 heteroatoms. The molecule has 2 atom stereocenters. The Morgan fingerprint density at radius 2 is 1.59 bits per heavy atom. The number of benzene rings is 3. The lowest BCUT2D eigenvalue weighted by Gasteiger charge is -2.35. The molecule has 6 rings (SSSR count). The third-order valence-electron chi connectivity index (χ3n) is 8.16. The summed E-state index contributed by atoms with van der Waals surface area (Å²) in [6.07, 6.45) is 3.46. The van der Waals surface area contributed by atoms with Crippen LogP contribution >= 0.6 is 0 Å². The van der Waals surface area contributed by atoms with Gasteiger partial charge in [0.25, 0.3) is 5.91 Å². The molecule has 0 aliphatic carbocycles. The summed E-state index contributed by atoms with van der Waals surface area (Å²) in [6, 6.07) is 25.1. The second-order valence-corrected chi connectivity index (χ2v) is 10.8. The van der Waals surface area contributed by atoms with Crippen molar-refractivity contribution in [3.63, 3.8) is 0 Å². The first-order valence-electron chi connectivity index (χ1n) is 14.2. The molecule has 0 bridgehead atoms. The molecule has 3 aromatic carbocycles. The van der Waals surface area contributed by atoms with Crippen molar-refractivity contribution >= 4 is 17.8 Å². The molecule has 0 spiro atoms. The van der Waals surface area contributed by atoms with E-state index in [1.807, 2.05) is 89.8 Å². The fraction of sp³-hybridized carbons (Fsp3) is 0.303. The Morgan fingerprint density at radius 3 is 2.32 bits per heavy atom. The van der Waals surface area contributed by atoms with Gasteiger partial charge in [-0.2, -0.15) is 0 Å². The first-order chi connectivity index (χ1) is 20.0. The predicted octanol–water partition coefficient (Wildman–Crippen LogP) is 4.90. The highest BCUT2D eigenvalue weighted by molar-refractivity contribution is 6.03. The zero-order valence-electron chi connectivity index (χ0n) is 23.2. The van der Waals surface area contributed by atoms with Crippen LogP contribution < -0.4 is 10.1 Å². The van der Waals surface area contributed by atoms with Crippen molar-refractivity contribution in [2.24, 2.45) is 0 Å². The lowest BCUT2D eigenvalue weighted by Crippen LogP contribution is -2.52. The van der Waals surface area contributed by atoms with E-state index in [2.05, 4.69) is 5.32 Å². The standard InChI is InChI=1S/C33H34N4O4/c1-35-28-22-37(27(20-23-12-5-2-6-13-23)31(38)36-18-9-4-10-19-36)32(39)29(28)30(34-33(35)40)24-14-11-17-26(21-24)41-25-15-7-3-8-16-25/h2-3,5-8,11-17,21,27,30H,4,9-10,18-20,22H2,1H3,(H,34,40)/t27-,30+/m1/s1. The number of hydrogen-bond donors (Lipinski definition) is 1. The van der Waals surface area contributed by atoms with E-state index in [1.54, 1.807) is 11.9 Å². The van der Waals surface area contributed by atoms with Gasteiger partial charge in [0.15, 0.2) is 0 Å². The molecule has 1 fully saturated rings. The molecule has 4 amide bonds. The number of piperidine rings is 1. The number of rotatable bonds is 7. The van der Waals surface area contributed by atoms with Gasteiger partial charge in [-0.3, -0.25) is 14.5 Å². The quantitative estimate of drug-likeness (QED) is 0.454. The van der Waals surface area contributed by atoms with Crippen LogP contribution in [0.5, 0.6) is 11.5 Å². The summed E-state index contributed by atoms with van der Waals surface area (Å²) < 4.78 is 6.04. The van der Waals surface area contributed by atoms with Crippen LogP contribution in [0, 0.1) is 0 Å². The number of nitrogens with zero attached hydrogens (tertiary/aromatic N) is 3. The second-order valence-electron chi connectivity index (χ2n) is 10.8.